The Morgan fingerprint density at radius 1 is 1.03 bits per heavy atom. The Bertz CT molecular complexity index is 984. The highest BCUT2D eigenvalue weighted by Gasteiger charge is 2.26. The zero-order valence-electron chi connectivity index (χ0n) is 18.3. The first kappa shape index (κ1) is 21.0. The minimum atomic E-state index is -0.0284. The molecule has 0 bridgehead atoms. The van der Waals surface area contributed by atoms with Crippen molar-refractivity contribution in [3.8, 4) is 11.3 Å². The van der Waals surface area contributed by atoms with Gasteiger partial charge in [-0.1, -0.05) is 68.4 Å². The van der Waals surface area contributed by atoms with Crippen LogP contribution >= 0.6 is 0 Å². The molecular weight excluding hydrogens is 384 g/mol. The molecule has 1 aromatic heterocycles. The van der Waals surface area contributed by atoms with E-state index in [9.17, 15) is 4.79 Å². The standard InChI is InChI=1S/C26H30N4O/c1-19(2)21-12-10-20(11-13-21)17-27-26(31)23-9-6-16-30(18-23)25-15-14-24(28-29-25)22-7-4-3-5-8-22/h3-5,7-8,10-15,19,23H,6,9,16-18H2,1-2H3,(H,27,31)/t23-/m1/s1. The second-order valence-electron chi connectivity index (χ2n) is 8.54. The fraction of sp³-hybridized carbons (Fsp3) is 0.346. The first-order valence-corrected chi connectivity index (χ1v) is 11.1. The second kappa shape index (κ2) is 9.73. The molecule has 0 aliphatic carbocycles. The lowest BCUT2D eigenvalue weighted by Gasteiger charge is -2.32. The van der Waals surface area contributed by atoms with Gasteiger partial charge in [0, 0.05) is 25.2 Å². The van der Waals surface area contributed by atoms with Crippen molar-refractivity contribution in [1.29, 1.82) is 0 Å². The van der Waals surface area contributed by atoms with Crippen LogP contribution in [0.4, 0.5) is 5.82 Å². The average Bonchev–Trinajstić information content (AvgIpc) is 2.83. The molecule has 3 aromatic rings. The van der Waals surface area contributed by atoms with E-state index in [1.165, 1.54) is 5.56 Å². The van der Waals surface area contributed by atoms with Crippen LogP contribution in [0.1, 0.15) is 43.7 Å². The van der Waals surface area contributed by atoms with Gasteiger partial charge in [-0.25, -0.2) is 0 Å². The number of amides is 1. The van der Waals surface area contributed by atoms with Crippen molar-refractivity contribution in [2.45, 2.75) is 39.2 Å². The fourth-order valence-corrected chi connectivity index (χ4v) is 4.01. The molecule has 1 amide bonds. The number of nitrogens with one attached hydrogen (secondary N) is 1. The van der Waals surface area contributed by atoms with Gasteiger partial charge >= 0.3 is 0 Å². The van der Waals surface area contributed by atoms with Crippen molar-refractivity contribution in [2.24, 2.45) is 5.92 Å². The molecule has 0 unspecified atom stereocenters. The third-order valence-electron chi connectivity index (χ3n) is 5.95. The number of nitrogens with zero attached hydrogens (tertiary/aromatic N) is 3. The molecule has 5 heteroatoms. The highest BCUT2D eigenvalue weighted by molar-refractivity contribution is 5.79. The second-order valence-corrected chi connectivity index (χ2v) is 8.54. The number of hydrogen-bond donors (Lipinski definition) is 1. The van der Waals surface area contributed by atoms with Gasteiger partial charge in [0.15, 0.2) is 5.82 Å². The van der Waals surface area contributed by atoms with E-state index in [4.69, 9.17) is 0 Å². The lowest BCUT2D eigenvalue weighted by molar-refractivity contribution is -0.125. The summed E-state index contributed by atoms with van der Waals surface area (Å²) in [6.07, 6.45) is 1.88. The summed E-state index contributed by atoms with van der Waals surface area (Å²) in [4.78, 5) is 15.0. The van der Waals surface area contributed by atoms with Crippen molar-refractivity contribution in [3.05, 3.63) is 77.9 Å². The zero-order valence-corrected chi connectivity index (χ0v) is 18.3. The monoisotopic (exact) mass is 414 g/mol. The first-order chi connectivity index (χ1) is 15.1. The maximum absolute atomic E-state index is 12.8. The number of benzene rings is 2. The highest BCUT2D eigenvalue weighted by atomic mass is 16.1. The normalized spacial score (nSPS) is 16.4. The quantitative estimate of drug-likeness (QED) is 0.629. The van der Waals surface area contributed by atoms with Crippen LogP contribution in [0.15, 0.2) is 66.7 Å². The van der Waals surface area contributed by atoms with Crippen LogP contribution in [0.25, 0.3) is 11.3 Å². The van der Waals surface area contributed by atoms with Gasteiger partial charge in [0.05, 0.1) is 11.6 Å². The van der Waals surface area contributed by atoms with Gasteiger partial charge < -0.3 is 10.2 Å². The molecule has 1 aliphatic rings. The number of carbonyl (C=O) groups excluding carboxylic acids is 1. The summed E-state index contributed by atoms with van der Waals surface area (Å²) in [5.74, 6) is 1.44. The van der Waals surface area contributed by atoms with Gasteiger partial charge in [0.2, 0.25) is 5.91 Å². The molecule has 2 heterocycles. The van der Waals surface area contributed by atoms with Crippen LogP contribution in [0, 0.1) is 5.92 Å². The summed E-state index contributed by atoms with van der Waals surface area (Å²) >= 11 is 0. The van der Waals surface area contributed by atoms with E-state index in [0.717, 1.165) is 42.0 Å². The summed E-state index contributed by atoms with van der Waals surface area (Å²) in [5, 5.41) is 11.9. The van der Waals surface area contributed by atoms with Crippen molar-refractivity contribution in [1.82, 2.24) is 15.5 Å². The number of carbonyl (C=O) groups is 1. The van der Waals surface area contributed by atoms with Gasteiger partial charge in [-0.05, 0) is 42.0 Å². The summed E-state index contributed by atoms with van der Waals surface area (Å²) < 4.78 is 0. The summed E-state index contributed by atoms with van der Waals surface area (Å²) in [5.41, 5.74) is 4.36. The largest absolute Gasteiger partial charge is 0.354 e. The van der Waals surface area contributed by atoms with Gasteiger partial charge in [-0.15, -0.1) is 10.2 Å². The molecule has 0 radical (unpaired) electrons. The van der Waals surface area contributed by atoms with Crippen LogP contribution in [-0.2, 0) is 11.3 Å². The fourth-order valence-electron chi connectivity index (χ4n) is 4.01. The first-order valence-electron chi connectivity index (χ1n) is 11.1. The third-order valence-corrected chi connectivity index (χ3v) is 5.95. The van der Waals surface area contributed by atoms with Crippen LogP contribution in [-0.4, -0.2) is 29.2 Å². The van der Waals surface area contributed by atoms with Crippen molar-refractivity contribution in [2.75, 3.05) is 18.0 Å². The van der Waals surface area contributed by atoms with Crippen LogP contribution < -0.4 is 10.2 Å². The Kier molecular flexibility index (Phi) is 6.60. The predicted octanol–water partition coefficient (Wildman–Crippen LogP) is 4.80. The van der Waals surface area contributed by atoms with E-state index in [2.05, 4.69) is 58.5 Å². The van der Waals surface area contributed by atoms with E-state index in [1.807, 2.05) is 42.5 Å². The molecule has 1 N–H and O–H groups in total. The molecule has 1 saturated heterocycles. The van der Waals surface area contributed by atoms with E-state index < -0.39 is 0 Å². The Labute approximate surface area is 184 Å². The smallest absolute Gasteiger partial charge is 0.225 e. The minimum absolute atomic E-state index is 0.0284. The summed E-state index contributed by atoms with van der Waals surface area (Å²) in [6, 6.07) is 22.6. The third kappa shape index (κ3) is 5.29. The molecule has 0 saturated carbocycles. The topological polar surface area (TPSA) is 58.1 Å². The molecule has 4 rings (SSSR count). The SMILES string of the molecule is CC(C)c1ccc(CNC(=O)[C@@H]2CCCN(c3ccc(-c4ccccc4)nn3)C2)cc1. The Morgan fingerprint density at radius 3 is 2.48 bits per heavy atom. The van der Waals surface area contributed by atoms with Crippen molar-refractivity contribution in [3.63, 3.8) is 0 Å². The summed E-state index contributed by atoms with van der Waals surface area (Å²) in [6.45, 7) is 6.52. The number of aromatic nitrogens is 2. The van der Waals surface area contributed by atoms with Gasteiger partial charge in [-0.3, -0.25) is 4.79 Å². The van der Waals surface area contributed by atoms with E-state index in [-0.39, 0.29) is 11.8 Å². The number of anilines is 1. The molecule has 31 heavy (non-hydrogen) atoms. The molecule has 2 aromatic carbocycles. The summed E-state index contributed by atoms with van der Waals surface area (Å²) in [7, 11) is 0. The van der Waals surface area contributed by atoms with Crippen LogP contribution in [0.2, 0.25) is 0 Å². The molecule has 0 spiro atoms. The average molecular weight is 415 g/mol. The number of piperidine rings is 1. The minimum Gasteiger partial charge on any atom is -0.354 e. The van der Waals surface area contributed by atoms with Crippen molar-refractivity contribution >= 4 is 11.7 Å². The van der Waals surface area contributed by atoms with Crippen molar-refractivity contribution < 1.29 is 4.79 Å². The van der Waals surface area contributed by atoms with Crippen LogP contribution in [0.3, 0.4) is 0 Å². The van der Waals surface area contributed by atoms with Gasteiger partial charge in [0.25, 0.3) is 0 Å². The number of hydrogen-bond acceptors (Lipinski definition) is 4. The van der Waals surface area contributed by atoms with Gasteiger partial charge in [0.1, 0.15) is 0 Å². The maximum Gasteiger partial charge on any atom is 0.225 e. The molecule has 1 fully saturated rings. The molecule has 1 aliphatic heterocycles. The maximum atomic E-state index is 12.8. The molecule has 5 nitrogen and oxygen atoms in total. The Hall–Kier alpha value is -3.21. The van der Waals surface area contributed by atoms with Crippen LogP contribution in [0.5, 0.6) is 0 Å². The molecule has 160 valence electrons. The number of rotatable bonds is 6. The Balaban J connectivity index is 1.34. The van der Waals surface area contributed by atoms with E-state index >= 15 is 0 Å². The van der Waals surface area contributed by atoms with Gasteiger partial charge in [-0.2, -0.15) is 0 Å². The zero-order chi connectivity index (χ0) is 21.6. The van der Waals surface area contributed by atoms with E-state index in [0.29, 0.717) is 19.0 Å². The lowest BCUT2D eigenvalue weighted by atomic mass is 9.97. The lowest BCUT2D eigenvalue weighted by Crippen LogP contribution is -2.43. The predicted molar refractivity (Wildman–Crippen MR) is 125 cm³/mol. The van der Waals surface area contributed by atoms with E-state index in [1.54, 1.807) is 0 Å². The Morgan fingerprint density at radius 2 is 1.81 bits per heavy atom. The molecule has 1 atom stereocenters. The highest BCUT2D eigenvalue weighted by Crippen LogP contribution is 2.23. The molecular formula is C26H30N4O.